The maximum Gasteiger partial charge on any atom is 0.147 e. The summed E-state index contributed by atoms with van der Waals surface area (Å²) in [4.78, 5) is 6.19. The quantitative estimate of drug-likeness (QED) is 0.819. The molecule has 0 saturated heterocycles. The molecule has 0 aromatic carbocycles. The Labute approximate surface area is 99.7 Å². The van der Waals surface area contributed by atoms with Crippen molar-refractivity contribution in [3.63, 3.8) is 0 Å². The molecule has 0 atom stereocenters. The monoisotopic (exact) mass is 236 g/mol. The first-order valence-electron chi connectivity index (χ1n) is 5.04. The zero-order valence-electron chi connectivity index (χ0n) is 9.27. The highest BCUT2D eigenvalue weighted by atomic mass is 35.5. The van der Waals surface area contributed by atoms with Crippen LogP contribution in [0.3, 0.4) is 0 Å². The number of furan rings is 1. The molecule has 0 radical (unpaired) electrons. The van der Waals surface area contributed by atoms with Gasteiger partial charge in [-0.15, -0.1) is 0 Å². The molecule has 84 valence electrons. The summed E-state index contributed by atoms with van der Waals surface area (Å²) in [5.74, 6) is 2.58. The minimum atomic E-state index is 0.647. The van der Waals surface area contributed by atoms with Gasteiger partial charge >= 0.3 is 0 Å². The van der Waals surface area contributed by atoms with Gasteiger partial charge in [0.15, 0.2) is 0 Å². The van der Waals surface area contributed by atoms with Crippen molar-refractivity contribution in [2.45, 2.75) is 13.5 Å². The Morgan fingerprint density at radius 3 is 2.81 bits per heavy atom. The molecule has 0 fully saturated rings. The molecule has 4 heteroatoms. The summed E-state index contributed by atoms with van der Waals surface area (Å²) in [6, 6.07) is 7.55. The molecule has 0 amide bonds. The zero-order valence-corrected chi connectivity index (χ0v) is 10.0. The van der Waals surface area contributed by atoms with E-state index >= 15 is 0 Å². The predicted octanol–water partition coefficient (Wildman–Crippen LogP) is 3.27. The lowest BCUT2D eigenvalue weighted by Crippen LogP contribution is -2.17. The minimum Gasteiger partial charge on any atom is -0.464 e. The molecule has 3 nitrogen and oxygen atoms in total. The van der Waals surface area contributed by atoms with E-state index < -0.39 is 0 Å². The van der Waals surface area contributed by atoms with Crippen molar-refractivity contribution in [2.75, 3.05) is 11.9 Å². The SMILES string of the molecule is Cc1ccc(CN(C)c2ncccc2Cl)o1. The van der Waals surface area contributed by atoms with E-state index in [4.69, 9.17) is 16.0 Å². The number of rotatable bonds is 3. The van der Waals surface area contributed by atoms with E-state index in [1.165, 1.54) is 0 Å². The molecule has 0 N–H and O–H groups in total. The molecule has 0 bridgehead atoms. The maximum atomic E-state index is 6.06. The van der Waals surface area contributed by atoms with Crippen molar-refractivity contribution in [3.8, 4) is 0 Å². The van der Waals surface area contributed by atoms with E-state index in [-0.39, 0.29) is 0 Å². The molecule has 0 saturated carbocycles. The molecule has 0 aliphatic rings. The van der Waals surface area contributed by atoms with Crippen LogP contribution in [-0.4, -0.2) is 12.0 Å². The molecular weight excluding hydrogens is 224 g/mol. The average Bonchev–Trinajstić information content (AvgIpc) is 2.64. The van der Waals surface area contributed by atoms with Crippen LogP contribution in [0.4, 0.5) is 5.82 Å². The fourth-order valence-electron chi connectivity index (χ4n) is 1.54. The van der Waals surface area contributed by atoms with Gasteiger partial charge in [0.1, 0.15) is 17.3 Å². The van der Waals surface area contributed by atoms with E-state index in [2.05, 4.69) is 4.98 Å². The maximum absolute atomic E-state index is 6.06. The molecule has 0 aliphatic carbocycles. The van der Waals surface area contributed by atoms with Gasteiger partial charge < -0.3 is 9.32 Å². The van der Waals surface area contributed by atoms with Crippen molar-refractivity contribution in [1.29, 1.82) is 0 Å². The van der Waals surface area contributed by atoms with E-state index in [9.17, 15) is 0 Å². The van der Waals surface area contributed by atoms with Gasteiger partial charge in [0, 0.05) is 13.2 Å². The van der Waals surface area contributed by atoms with Gasteiger partial charge in [-0.25, -0.2) is 4.98 Å². The first kappa shape index (κ1) is 11.0. The number of hydrogen-bond acceptors (Lipinski definition) is 3. The van der Waals surface area contributed by atoms with E-state index in [1.807, 2.05) is 43.1 Å². The van der Waals surface area contributed by atoms with Gasteiger partial charge in [-0.2, -0.15) is 0 Å². The van der Waals surface area contributed by atoms with Gasteiger partial charge in [0.2, 0.25) is 0 Å². The van der Waals surface area contributed by atoms with Gasteiger partial charge in [-0.3, -0.25) is 0 Å². The lowest BCUT2D eigenvalue weighted by atomic mass is 10.4. The van der Waals surface area contributed by atoms with E-state index in [0.29, 0.717) is 11.6 Å². The molecule has 2 aromatic heterocycles. The Morgan fingerprint density at radius 2 is 2.19 bits per heavy atom. The largest absolute Gasteiger partial charge is 0.464 e. The summed E-state index contributed by atoms with van der Waals surface area (Å²) in [5, 5.41) is 0.647. The van der Waals surface area contributed by atoms with Crippen molar-refractivity contribution < 1.29 is 4.42 Å². The highest BCUT2D eigenvalue weighted by molar-refractivity contribution is 6.32. The van der Waals surface area contributed by atoms with Crippen LogP contribution < -0.4 is 4.90 Å². The standard InChI is InChI=1S/C12H13ClN2O/c1-9-5-6-10(16-9)8-15(2)12-11(13)4-3-7-14-12/h3-7H,8H2,1-2H3. The fourth-order valence-corrected chi connectivity index (χ4v) is 1.80. The Balaban J connectivity index is 2.14. The Morgan fingerprint density at radius 1 is 1.38 bits per heavy atom. The Hall–Kier alpha value is -1.48. The second-order valence-electron chi connectivity index (χ2n) is 3.68. The van der Waals surface area contributed by atoms with Gasteiger partial charge in [0.25, 0.3) is 0 Å². The van der Waals surface area contributed by atoms with Crippen LogP contribution in [0, 0.1) is 6.92 Å². The lowest BCUT2D eigenvalue weighted by molar-refractivity contribution is 0.481. The number of anilines is 1. The van der Waals surface area contributed by atoms with Crippen LogP contribution >= 0.6 is 11.6 Å². The predicted molar refractivity (Wildman–Crippen MR) is 64.8 cm³/mol. The number of hydrogen-bond donors (Lipinski definition) is 0. The number of aryl methyl sites for hydroxylation is 1. The third-order valence-electron chi connectivity index (χ3n) is 2.29. The van der Waals surface area contributed by atoms with Gasteiger partial charge in [0.05, 0.1) is 11.6 Å². The summed E-state index contributed by atoms with van der Waals surface area (Å²) in [6.45, 7) is 2.59. The summed E-state index contributed by atoms with van der Waals surface area (Å²) < 4.78 is 5.50. The normalized spacial score (nSPS) is 10.4. The molecule has 2 heterocycles. The average molecular weight is 237 g/mol. The number of pyridine rings is 1. The van der Waals surface area contributed by atoms with E-state index in [1.54, 1.807) is 6.20 Å². The molecule has 2 rings (SSSR count). The van der Waals surface area contributed by atoms with Gasteiger partial charge in [-0.05, 0) is 31.2 Å². The third-order valence-corrected chi connectivity index (χ3v) is 2.58. The van der Waals surface area contributed by atoms with Crippen molar-refractivity contribution >= 4 is 17.4 Å². The van der Waals surface area contributed by atoms with Crippen molar-refractivity contribution in [1.82, 2.24) is 4.98 Å². The van der Waals surface area contributed by atoms with Gasteiger partial charge in [-0.1, -0.05) is 11.6 Å². The Bertz CT molecular complexity index is 481. The molecule has 16 heavy (non-hydrogen) atoms. The first-order valence-corrected chi connectivity index (χ1v) is 5.41. The minimum absolute atomic E-state index is 0.647. The zero-order chi connectivity index (χ0) is 11.5. The van der Waals surface area contributed by atoms with Crippen LogP contribution in [0.2, 0.25) is 5.02 Å². The van der Waals surface area contributed by atoms with Crippen LogP contribution in [0.5, 0.6) is 0 Å². The topological polar surface area (TPSA) is 29.3 Å². The van der Waals surface area contributed by atoms with Crippen molar-refractivity contribution in [2.24, 2.45) is 0 Å². The third kappa shape index (κ3) is 2.36. The molecule has 0 spiro atoms. The Kier molecular flexibility index (Phi) is 3.15. The van der Waals surface area contributed by atoms with Crippen LogP contribution in [0.1, 0.15) is 11.5 Å². The molecule has 2 aromatic rings. The van der Waals surface area contributed by atoms with Crippen LogP contribution in [0.15, 0.2) is 34.9 Å². The smallest absolute Gasteiger partial charge is 0.147 e. The highest BCUT2D eigenvalue weighted by Crippen LogP contribution is 2.22. The number of aromatic nitrogens is 1. The summed E-state index contributed by atoms with van der Waals surface area (Å²) >= 11 is 6.06. The number of halogens is 1. The van der Waals surface area contributed by atoms with Crippen molar-refractivity contribution in [3.05, 3.63) is 47.0 Å². The van der Waals surface area contributed by atoms with Crippen LogP contribution in [-0.2, 0) is 6.54 Å². The fraction of sp³-hybridized carbons (Fsp3) is 0.250. The summed E-state index contributed by atoms with van der Waals surface area (Å²) in [6.07, 6.45) is 1.73. The molecular formula is C12H13ClN2O. The highest BCUT2D eigenvalue weighted by Gasteiger charge is 2.09. The first-order chi connectivity index (χ1) is 7.66. The number of nitrogens with zero attached hydrogens (tertiary/aromatic N) is 2. The summed E-state index contributed by atoms with van der Waals surface area (Å²) in [5.41, 5.74) is 0. The molecule has 0 aliphatic heterocycles. The second kappa shape index (κ2) is 4.58. The second-order valence-corrected chi connectivity index (χ2v) is 4.08. The van der Waals surface area contributed by atoms with Crippen LogP contribution in [0.25, 0.3) is 0 Å². The lowest BCUT2D eigenvalue weighted by Gasteiger charge is -2.17. The van der Waals surface area contributed by atoms with E-state index in [0.717, 1.165) is 17.3 Å². The molecule has 0 unspecified atom stereocenters. The summed E-state index contributed by atoms with van der Waals surface area (Å²) in [7, 11) is 1.94.